The molecule has 1 aliphatic carbocycles. The van der Waals surface area contributed by atoms with Crippen molar-refractivity contribution < 1.29 is 23.8 Å². The molecule has 0 radical (unpaired) electrons. The molecule has 0 spiro atoms. The van der Waals surface area contributed by atoms with Gasteiger partial charge in [0.25, 0.3) is 5.91 Å². The van der Waals surface area contributed by atoms with Crippen LogP contribution in [-0.2, 0) is 11.3 Å². The second kappa shape index (κ2) is 9.74. The fourth-order valence-corrected chi connectivity index (χ4v) is 5.87. The van der Waals surface area contributed by atoms with E-state index in [0.29, 0.717) is 47.3 Å². The number of amides is 1. The predicted octanol–water partition coefficient (Wildman–Crippen LogP) is 4.61. The summed E-state index contributed by atoms with van der Waals surface area (Å²) in [5.74, 6) is -0.487. The Kier molecular flexibility index (Phi) is 5.83. The number of aliphatic hydroxyl groups is 1. The van der Waals surface area contributed by atoms with Crippen molar-refractivity contribution in [1.29, 1.82) is 0 Å². The SMILES string of the molecule is O=C1c2c(F)cc(C3CC3)cc2OCCN1c1cccc(-c2ncnc3[nH]c(-c4cn(C5COC5)cn4)cc23)c1CO. The number of aromatic amines is 1. The minimum atomic E-state index is -0.586. The van der Waals surface area contributed by atoms with Crippen LogP contribution in [0, 0.1) is 5.82 Å². The van der Waals surface area contributed by atoms with Gasteiger partial charge in [0, 0.05) is 22.7 Å². The van der Waals surface area contributed by atoms with Crippen LogP contribution in [0.4, 0.5) is 10.1 Å². The molecule has 1 amide bonds. The zero-order valence-corrected chi connectivity index (χ0v) is 22.6. The molecule has 0 unspecified atom stereocenters. The predicted molar refractivity (Wildman–Crippen MR) is 152 cm³/mol. The number of fused-ring (bicyclic) bond motifs is 2. The summed E-state index contributed by atoms with van der Waals surface area (Å²) in [5, 5.41) is 11.4. The number of carbonyl (C=O) groups excluding carboxylic acids is 1. The first-order valence-corrected chi connectivity index (χ1v) is 14.1. The molecule has 11 heteroatoms. The van der Waals surface area contributed by atoms with E-state index in [9.17, 15) is 9.90 Å². The highest BCUT2D eigenvalue weighted by atomic mass is 19.1. The third-order valence-electron chi connectivity index (χ3n) is 8.36. The highest BCUT2D eigenvalue weighted by molar-refractivity contribution is 6.09. The molecule has 42 heavy (non-hydrogen) atoms. The zero-order valence-electron chi connectivity index (χ0n) is 22.6. The van der Waals surface area contributed by atoms with Crippen LogP contribution >= 0.6 is 0 Å². The fraction of sp³-hybridized carbons (Fsp3) is 0.290. The molecule has 0 bridgehead atoms. The van der Waals surface area contributed by atoms with Crippen LogP contribution in [0.25, 0.3) is 33.7 Å². The van der Waals surface area contributed by atoms with Gasteiger partial charge in [-0.3, -0.25) is 4.79 Å². The van der Waals surface area contributed by atoms with Gasteiger partial charge in [-0.2, -0.15) is 0 Å². The Bertz CT molecular complexity index is 1860. The number of anilines is 1. The van der Waals surface area contributed by atoms with Crippen LogP contribution < -0.4 is 9.64 Å². The van der Waals surface area contributed by atoms with E-state index in [1.807, 2.05) is 22.9 Å². The number of H-pyrrole nitrogens is 1. The Morgan fingerprint density at radius 1 is 1.12 bits per heavy atom. The van der Waals surface area contributed by atoms with E-state index in [1.165, 1.54) is 17.3 Å². The van der Waals surface area contributed by atoms with Gasteiger partial charge in [0.2, 0.25) is 0 Å². The van der Waals surface area contributed by atoms with Crippen molar-refractivity contribution in [1.82, 2.24) is 24.5 Å². The van der Waals surface area contributed by atoms with Crippen molar-refractivity contribution in [3.8, 4) is 28.4 Å². The summed E-state index contributed by atoms with van der Waals surface area (Å²) >= 11 is 0. The third kappa shape index (κ3) is 4.07. The Labute approximate surface area is 239 Å². The first kappa shape index (κ1) is 25.1. The summed E-state index contributed by atoms with van der Waals surface area (Å²) in [6.07, 6.45) is 7.27. The number of hydrogen-bond acceptors (Lipinski definition) is 7. The normalized spacial score (nSPS) is 17.2. The third-order valence-corrected chi connectivity index (χ3v) is 8.36. The molecule has 5 heterocycles. The van der Waals surface area contributed by atoms with Gasteiger partial charge < -0.3 is 29.0 Å². The van der Waals surface area contributed by atoms with Crippen LogP contribution in [-0.4, -0.2) is 61.9 Å². The standard InChI is InChI=1S/C31H27FN6O4/c32-23-8-18(17-4-5-17)9-27-28(23)31(40)38(6-7-42-27)26-3-1-2-20(22(26)12-39)29-21-10-24(36-30(21)34-15-33-29)25-11-37(16-35-25)19-13-41-14-19/h1-3,8-11,15-17,19,39H,4-7,12-14H2,(H,33,34,36). The van der Waals surface area contributed by atoms with Crippen molar-refractivity contribution >= 4 is 22.6 Å². The van der Waals surface area contributed by atoms with E-state index < -0.39 is 11.7 Å². The van der Waals surface area contributed by atoms with Gasteiger partial charge >= 0.3 is 0 Å². The van der Waals surface area contributed by atoms with Gasteiger partial charge in [-0.25, -0.2) is 19.3 Å². The highest BCUT2D eigenvalue weighted by Gasteiger charge is 2.33. The first-order valence-electron chi connectivity index (χ1n) is 14.1. The summed E-state index contributed by atoms with van der Waals surface area (Å²) in [6, 6.07) is 10.9. The number of nitrogens with zero attached hydrogens (tertiary/aromatic N) is 5. The van der Waals surface area contributed by atoms with E-state index in [-0.39, 0.29) is 37.1 Å². The summed E-state index contributed by atoms with van der Waals surface area (Å²) < 4.78 is 28.6. The van der Waals surface area contributed by atoms with Gasteiger partial charge in [-0.1, -0.05) is 12.1 Å². The number of ether oxygens (including phenoxy) is 2. The minimum absolute atomic E-state index is 0.0844. The highest BCUT2D eigenvalue weighted by Crippen LogP contribution is 2.43. The Balaban J connectivity index is 1.19. The van der Waals surface area contributed by atoms with Crippen LogP contribution in [0.2, 0.25) is 0 Å². The Hall–Kier alpha value is -4.61. The van der Waals surface area contributed by atoms with Crippen molar-refractivity contribution in [3.63, 3.8) is 0 Å². The lowest BCUT2D eigenvalue weighted by Gasteiger charge is -2.26. The number of nitrogens with one attached hydrogen (secondary N) is 1. The van der Waals surface area contributed by atoms with Crippen molar-refractivity contribution in [2.24, 2.45) is 0 Å². The van der Waals surface area contributed by atoms with Gasteiger partial charge in [0.05, 0.1) is 55.8 Å². The number of rotatable bonds is 6. The molecule has 2 aliphatic heterocycles. The monoisotopic (exact) mass is 566 g/mol. The Morgan fingerprint density at radius 2 is 2.00 bits per heavy atom. The maximum absolute atomic E-state index is 15.3. The van der Waals surface area contributed by atoms with Crippen molar-refractivity contribution in [2.45, 2.75) is 31.4 Å². The first-order chi connectivity index (χ1) is 20.6. The van der Waals surface area contributed by atoms with E-state index in [4.69, 9.17) is 9.47 Å². The average Bonchev–Trinajstić information content (AvgIpc) is 3.60. The lowest BCUT2D eigenvalue weighted by molar-refractivity contribution is -0.0233. The van der Waals surface area contributed by atoms with E-state index in [1.54, 1.807) is 24.5 Å². The summed E-state index contributed by atoms with van der Waals surface area (Å²) in [7, 11) is 0. The number of aliphatic hydroxyl groups excluding tert-OH is 1. The second-order valence-electron chi connectivity index (χ2n) is 11.0. The molecule has 2 aromatic carbocycles. The molecule has 3 aliphatic rings. The topological polar surface area (TPSA) is 118 Å². The quantitative estimate of drug-likeness (QED) is 0.308. The average molecular weight is 567 g/mol. The van der Waals surface area contributed by atoms with Crippen LogP contribution in [0.5, 0.6) is 5.75 Å². The summed E-state index contributed by atoms with van der Waals surface area (Å²) in [5.41, 5.74) is 5.17. The molecule has 5 aromatic rings. The molecule has 8 rings (SSSR count). The van der Waals surface area contributed by atoms with Gasteiger partial charge in [-0.15, -0.1) is 0 Å². The number of carbonyl (C=O) groups is 1. The largest absolute Gasteiger partial charge is 0.491 e. The van der Waals surface area contributed by atoms with Gasteiger partial charge in [0.1, 0.15) is 41.4 Å². The number of halogens is 1. The fourth-order valence-electron chi connectivity index (χ4n) is 5.87. The maximum atomic E-state index is 15.3. The Morgan fingerprint density at radius 3 is 2.79 bits per heavy atom. The molecule has 0 atom stereocenters. The molecule has 2 N–H and O–H groups in total. The zero-order chi connectivity index (χ0) is 28.4. The molecule has 1 saturated heterocycles. The number of hydrogen-bond donors (Lipinski definition) is 2. The molecular formula is C31H27FN6O4. The van der Waals surface area contributed by atoms with Crippen molar-refractivity contribution in [3.05, 3.63) is 77.8 Å². The molecule has 212 valence electrons. The van der Waals surface area contributed by atoms with Gasteiger partial charge in [-0.05, 0) is 48.6 Å². The maximum Gasteiger partial charge on any atom is 0.265 e. The molecule has 1 saturated carbocycles. The number of imidazole rings is 1. The lowest BCUT2D eigenvalue weighted by Crippen LogP contribution is -2.33. The van der Waals surface area contributed by atoms with E-state index in [2.05, 4.69) is 19.9 Å². The molecule has 3 aromatic heterocycles. The van der Waals surface area contributed by atoms with Crippen LogP contribution in [0.3, 0.4) is 0 Å². The second-order valence-corrected chi connectivity index (χ2v) is 11.0. The molecular weight excluding hydrogens is 539 g/mol. The lowest BCUT2D eigenvalue weighted by atomic mass is 9.99. The summed E-state index contributed by atoms with van der Waals surface area (Å²) in [6.45, 7) is 1.38. The van der Waals surface area contributed by atoms with E-state index in [0.717, 1.165) is 35.2 Å². The molecule has 2 fully saturated rings. The van der Waals surface area contributed by atoms with Crippen LogP contribution in [0.15, 0.2) is 55.2 Å². The molecule has 10 nitrogen and oxygen atoms in total. The summed E-state index contributed by atoms with van der Waals surface area (Å²) in [4.78, 5) is 32.2. The number of aromatic nitrogens is 5. The smallest absolute Gasteiger partial charge is 0.265 e. The van der Waals surface area contributed by atoms with Gasteiger partial charge in [0.15, 0.2) is 0 Å². The van der Waals surface area contributed by atoms with Crippen molar-refractivity contribution in [2.75, 3.05) is 31.3 Å². The minimum Gasteiger partial charge on any atom is -0.491 e. The van der Waals surface area contributed by atoms with Crippen LogP contribution in [0.1, 0.15) is 46.3 Å². The van der Waals surface area contributed by atoms with E-state index >= 15 is 4.39 Å². The number of benzene rings is 2.